The van der Waals surface area contributed by atoms with E-state index in [1.54, 1.807) is 4.90 Å². The van der Waals surface area contributed by atoms with Crippen LogP contribution >= 0.6 is 0 Å². The quantitative estimate of drug-likeness (QED) is 0.704. The van der Waals surface area contributed by atoms with Crippen molar-refractivity contribution in [1.29, 1.82) is 0 Å². The SMILES string of the molecule is C=C=Nc1ccc(N2CCOCC2=O)cc1. The molecule has 0 unspecified atom stereocenters. The van der Waals surface area contributed by atoms with Crippen molar-refractivity contribution >= 4 is 23.2 Å². The molecule has 0 spiro atoms. The van der Waals surface area contributed by atoms with Crippen LogP contribution in [0.4, 0.5) is 11.4 Å². The number of anilines is 1. The highest BCUT2D eigenvalue weighted by molar-refractivity contribution is 5.94. The lowest BCUT2D eigenvalue weighted by Crippen LogP contribution is -2.41. The lowest BCUT2D eigenvalue weighted by molar-refractivity contribution is -0.125. The summed E-state index contributed by atoms with van der Waals surface area (Å²) in [5, 5.41) is 0. The van der Waals surface area contributed by atoms with E-state index in [1.807, 2.05) is 24.3 Å². The first-order chi connectivity index (χ1) is 7.81. The monoisotopic (exact) mass is 216 g/mol. The van der Waals surface area contributed by atoms with E-state index in [0.717, 1.165) is 11.4 Å². The van der Waals surface area contributed by atoms with E-state index >= 15 is 0 Å². The Morgan fingerprint density at radius 1 is 1.38 bits per heavy atom. The van der Waals surface area contributed by atoms with Crippen LogP contribution in [-0.4, -0.2) is 31.5 Å². The predicted molar refractivity (Wildman–Crippen MR) is 62.3 cm³/mol. The third-order valence-corrected chi connectivity index (χ3v) is 2.36. The third kappa shape index (κ3) is 2.19. The second-order valence-corrected chi connectivity index (χ2v) is 3.38. The van der Waals surface area contributed by atoms with Gasteiger partial charge < -0.3 is 9.64 Å². The van der Waals surface area contributed by atoms with Gasteiger partial charge in [0, 0.05) is 12.2 Å². The minimum absolute atomic E-state index is 0.00813. The van der Waals surface area contributed by atoms with Gasteiger partial charge in [-0.25, -0.2) is 4.99 Å². The minimum atomic E-state index is -0.00813. The Balaban J connectivity index is 2.20. The van der Waals surface area contributed by atoms with Gasteiger partial charge in [0.25, 0.3) is 5.91 Å². The maximum Gasteiger partial charge on any atom is 0.253 e. The van der Waals surface area contributed by atoms with E-state index in [4.69, 9.17) is 4.74 Å². The van der Waals surface area contributed by atoms with Crippen molar-refractivity contribution in [3.05, 3.63) is 30.8 Å². The van der Waals surface area contributed by atoms with Crippen molar-refractivity contribution in [3.8, 4) is 0 Å². The second kappa shape index (κ2) is 4.75. The van der Waals surface area contributed by atoms with Crippen LogP contribution in [0.15, 0.2) is 35.8 Å². The average molecular weight is 216 g/mol. The van der Waals surface area contributed by atoms with Crippen LogP contribution in [0.2, 0.25) is 0 Å². The molecule has 1 aliphatic heterocycles. The normalized spacial score (nSPS) is 15.8. The van der Waals surface area contributed by atoms with Crippen molar-refractivity contribution in [1.82, 2.24) is 0 Å². The molecule has 16 heavy (non-hydrogen) atoms. The van der Waals surface area contributed by atoms with E-state index < -0.39 is 0 Å². The summed E-state index contributed by atoms with van der Waals surface area (Å²) in [5.74, 6) is 2.46. The van der Waals surface area contributed by atoms with E-state index in [1.165, 1.54) is 0 Å². The Morgan fingerprint density at radius 3 is 2.75 bits per heavy atom. The molecule has 0 saturated carbocycles. The lowest BCUT2D eigenvalue weighted by atomic mass is 10.2. The number of carbonyl (C=O) groups excluding carboxylic acids is 1. The number of nitrogens with zero attached hydrogens (tertiary/aromatic N) is 2. The highest BCUT2D eigenvalue weighted by Crippen LogP contribution is 2.20. The van der Waals surface area contributed by atoms with Crippen LogP contribution in [0.3, 0.4) is 0 Å². The Hall–Kier alpha value is -1.90. The maximum atomic E-state index is 11.6. The predicted octanol–water partition coefficient (Wildman–Crippen LogP) is 1.54. The average Bonchev–Trinajstić information content (AvgIpc) is 2.31. The summed E-state index contributed by atoms with van der Waals surface area (Å²) in [5.41, 5.74) is 1.65. The minimum Gasteiger partial charge on any atom is -0.370 e. The molecule has 0 aromatic heterocycles. The second-order valence-electron chi connectivity index (χ2n) is 3.38. The van der Waals surface area contributed by atoms with Crippen LogP contribution in [0, 0.1) is 0 Å². The number of hydrogen-bond acceptors (Lipinski definition) is 3. The number of benzene rings is 1. The van der Waals surface area contributed by atoms with Gasteiger partial charge in [-0.15, -0.1) is 0 Å². The number of rotatable bonds is 2. The molecule has 2 rings (SSSR count). The summed E-state index contributed by atoms with van der Waals surface area (Å²) in [6, 6.07) is 7.38. The number of aliphatic imine (C=N–C) groups is 1. The Bertz CT molecular complexity index is 433. The van der Waals surface area contributed by atoms with Crippen molar-refractivity contribution in [2.24, 2.45) is 4.99 Å². The third-order valence-electron chi connectivity index (χ3n) is 2.36. The fourth-order valence-corrected chi connectivity index (χ4v) is 1.59. The molecule has 1 aromatic carbocycles. The standard InChI is InChI=1S/C12H12N2O2/c1-2-13-10-3-5-11(6-4-10)14-7-8-16-9-12(14)15/h3-6H,1,7-9H2. The van der Waals surface area contributed by atoms with Gasteiger partial charge in [-0.1, -0.05) is 0 Å². The summed E-state index contributed by atoms with van der Waals surface area (Å²) < 4.78 is 5.07. The first kappa shape index (κ1) is 10.6. The molecule has 1 fully saturated rings. The van der Waals surface area contributed by atoms with Crippen molar-refractivity contribution < 1.29 is 9.53 Å². The van der Waals surface area contributed by atoms with Crippen molar-refractivity contribution in [2.75, 3.05) is 24.7 Å². The largest absolute Gasteiger partial charge is 0.370 e. The highest BCUT2D eigenvalue weighted by Gasteiger charge is 2.19. The Morgan fingerprint density at radius 2 is 2.12 bits per heavy atom. The number of carbonyl (C=O) groups is 1. The van der Waals surface area contributed by atoms with E-state index in [9.17, 15) is 4.79 Å². The maximum absolute atomic E-state index is 11.6. The van der Waals surface area contributed by atoms with Gasteiger partial charge in [-0.05, 0) is 36.7 Å². The Labute approximate surface area is 93.9 Å². The summed E-state index contributed by atoms with van der Waals surface area (Å²) in [4.78, 5) is 17.2. The summed E-state index contributed by atoms with van der Waals surface area (Å²) in [6.45, 7) is 4.75. The number of morpholine rings is 1. The summed E-state index contributed by atoms with van der Waals surface area (Å²) in [6.07, 6.45) is 0. The van der Waals surface area contributed by atoms with Crippen LogP contribution in [0.5, 0.6) is 0 Å². The van der Waals surface area contributed by atoms with Gasteiger partial charge in [-0.2, -0.15) is 0 Å². The number of amides is 1. The lowest BCUT2D eigenvalue weighted by Gasteiger charge is -2.26. The molecule has 82 valence electrons. The molecule has 0 bridgehead atoms. The summed E-state index contributed by atoms with van der Waals surface area (Å²) >= 11 is 0. The molecule has 0 N–H and O–H groups in total. The molecule has 1 saturated heterocycles. The van der Waals surface area contributed by atoms with Crippen molar-refractivity contribution in [2.45, 2.75) is 0 Å². The smallest absolute Gasteiger partial charge is 0.253 e. The summed E-state index contributed by atoms with van der Waals surface area (Å²) in [7, 11) is 0. The first-order valence-corrected chi connectivity index (χ1v) is 5.02. The topological polar surface area (TPSA) is 41.9 Å². The fourth-order valence-electron chi connectivity index (χ4n) is 1.59. The molecule has 1 aliphatic rings. The van der Waals surface area contributed by atoms with Crippen LogP contribution in [0.1, 0.15) is 0 Å². The molecule has 4 heteroatoms. The zero-order valence-corrected chi connectivity index (χ0v) is 8.85. The fraction of sp³-hybridized carbons (Fsp3) is 0.250. The molecule has 1 heterocycles. The van der Waals surface area contributed by atoms with Gasteiger partial charge in [0.1, 0.15) is 6.61 Å². The van der Waals surface area contributed by atoms with Gasteiger partial charge in [0.05, 0.1) is 12.3 Å². The zero-order valence-electron chi connectivity index (χ0n) is 8.85. The number of ether oxygens (including phenoxy) is 1. The van der Waals surface area contributed by atoms with Crippen LogP contribution in [-0.2, 0) is 9.53 Å². The molecule has 1 amide bonds. The first-order valence-electron chi connectivity index (χ1n) is 5.02. The molecule has 0 radical (unpaired) electrons. The van der Waals surface area contributed by atoms with Gasteiger partial charge in [0.15, 0.2) is 0 Å². The number of hydrogen-bond donors (Lipinski definition) is 0. The van der Waals surface area contributed by atoms with Crippen molar-refractivity contribution in [3.63, 3.8) is 0 Å². The van der Waals surface area contributed by atoms with E-state index in [0.29, 0.717) is 13.2 Å². The molecule has 4 nitrogen and oxygen atoms in total. The molecule has 0 atom stereocenters. The van der Waals surface area contributed by atoms with Crippen LogP contribution < -0.4 is 4.90 Å². The van der Waals surface area contributed by atoms with Gasteiger partial charge >= 0.3 is 0 Å². The molecule has 1 aromatic rings. The Kier molecular flexibility index (Phi) is 3.15. The van der Waals surface area contributed by atoms with E-state index in [2.05, 4.69) is 17.4 Å². The zero-order chi connectivity index (χ0) is 11.4. The van der Waals surface area contributed by atoms with Gasteiger partial charge in [-0.3, -0.25) is 4.79 Å². The molecular weight excluding hydrogens is 204 g/mol. The highest BCUT2D eigenvalue weighted by atomic mass is 16.5. The van der Waals surface area contributed by atoms with Gasteiger partial charge in [0.2, 0.25) is 0 Å². The molecular formula is C12H12N2O2. The van der Waals surface area contributed by atoms with Crippen LogP contribution in [0.25, 0.3) is 0 Å². The van der Waals surface area contributed by atoms with E-state index in [-0.39, 0.29) is 12.5 Å². The molecule has 0 aliphatic carbocycles.